The minimum Gasteiger partial charge on any atom is -0.497 e. The first-order valence-electron chi connectivity index (χ1n) is 6.28. The highest BCUT2D eigenvalue weighted by Gasteiger charge is 2.12. The van der Waals surface area contributed by atoms with Crippen molar-refractivity contribution >= 4 is 0 Å². The first kappa shape index (κ1) is 14.8. The average Bonchev–Trinajstić information content (AvgIpc) is 2.48. The Bertz CT molecular complexity index is 692. The van der Waals surface area contributed by atoms with Gasteiger partial charge in [-0.05, 0) is 37.3 Å². The summed E-state index contributed by atoms with van der Waals surface area (Å²) in [6, 6.07) is 10.6. The summed E-state index contributed by atoms with van der Waals surface area (Å²) in [4.78, 5) is 0. The number of halogens is 1. The fraction of sp³-hybridized carbons (Fsp3) is 0.188. The summed E-state index contributed by atoms with van der Waals surface area (Å²) in [6.45, 7) is 1.52. The van der Waals surface area contributed by atoms with Crippen molar-refractivity contribution in [1.82, 2.24) is 0 Å². The number of hydrogen-bond donors (Lipinski definition) is 1. The molecule has 2 rings (SSSR count). The standard InChI is InChI=1S/C16H14FNO3/c1-10(19)15-7-12(17)3-4-16(15)21-14-6-11(9-18)5-13(8-14)20-2/h3-8,10,19H,1-2H3. The Morgan fingerprint density at radius 1 is 1.19 bits per heavy atom. The van der Waals surface area contributed by atoms with E-state index in [1.165, 1.54) is 38.3 Å². The summed E-state index contributed by atoms with van der Waals surface area (Å²) >= 11 is 0. The predicted octanol–water partition coefficient (Wildman–Crippen LogP) is 3.55. The maximum absolute atomic E-state index is 13.3. The Hall–Kier alpha value is -2.58. The van der Waals surface area contributed by atoms with E-state index >= 15 is 0 Å². The normalized spacial score (nSPS) is 11.6. The van der Waals surface area contributed by atoms with Gasteiger partial charge >= 0.3 is 0 Å². The van der Waals surface area contributed by atoms with Gasteiger partial charge in [-0.25, -0.2) is 4.39 Å². The molecule has 0 bridgehead atoms. The van der Waals surface area contributed by atoms with Crippen LogP contribution in [0.4, 0.5) is 4.39 Å². The minimum absolute atomic E-state index is 0.323. The van der Waals surface area contributed by atoms with Gasteiger partial charge in [0.25, 0.3) is 0 Å². The first-order valence-corrected chi connectivity index (χ1v) is 6.28. The van der Waals surface area contributed by atoms with Crippen molar-refractivity contribution in [3.05, 3.63) is 53.3 Å². The molecule has 2 aromatic carbocycles. The Morgan fingerprint density at radius 3 is 2.52 bits per heavy atom. The number of benzene rings is 2. The van der Waals surface area contributed by atoms with Gasteiger partial charge in [-0.2, -0.15) is 5.26 Å². The Morgan fingerprint density at radius 2 is 1.90 bits per heavy atom. The Labute approximate surface area is 122 Å². The van der Waals surface area contributed by atoms with Crippen LogP contribution in [-0.4, -0.2) is 12.2 Å². The lowest BCUT2D eigenvalue weighted by Gasteiger charge is -2.14. The number of nitrogens with zero attached hydrogens (tertiary/aromatic N) is 1. The number of methoxy groups -OCH3 is 1. The second kappa shape index (κ2) is 6.25. The lowest BCUT2D eigenvalue weighted by Crippen LogP contribution is -1.97. The van der Waals surface area contributed by atoms with Crippen molar-refractivity contribution in [2.45, 2.75) is 13.0 Å². The zero-order valence-electron chi connectivity index (χ0n) is 11.6. The molecule has 2 aromatic rings. The Balaban J connectivity index is 2.41. The highest BCUT2D eigenvalue weighted by Crippen LogP contribution is 2.32. The lowest BCUT2D eigenvalue weighted by molar-refractivity contribution is 0.195. The lowest BCUT2D eigenvalue weighted by atomic mass is 10.1. The minimum atomic E-state index is -0.878. The fourth-order valence-electron chi connectivity index (χ4n) is 1.88. The molecule has 4 nitrogen and oxygen atoms in total. The highest BCUT2D eigenvalue weighted by molar-refractivity contribution is 5.47. The molecule has 0 fully saturated rings. The molecule has 21 heavy (non-hydrogen) atoms. The number of hydrogen-bond acceptors (Lipinski definition) is 4. The van der Waals surface area contributed by atoms with Gasteiger partial charge in [0.15, 0.2) is 0 Å². The van der Waals surface area contributed by atoms with Crippen LogP contribution < -0.4 is 9.47 Å². The van der Waals surface area contributed by atoms with E-state index in [0.29, 0.717) is 28.4 Å². The number of nitriles is 1. The quantitative estimate of drug-likeness (QED) is 0.934. The molecule has 1 atom stereocenters. The summed E-state index contributed by atoms with van der Waals surface area (Å²) in [7, 11) is 1.49. The maximum Gasteiger partial charge on any atom is 0.133 e. The fourth-order valence-corrected chi connectivity index (χ4v) is 1.88. The van der Waals surface area contributed by atoms with E-state index < -0.39 is 11.9 Å². The summed E-state index contributed by atoms with van der Waals surface area (Å²) in [5, 5.41) is 18.7. The van der Waals surface area contributed by atoms with Gasteiger partial charge in [0.1, 0.15) is 23.1 Å². The van der Waals surface area contributed by atoms with Gasteiger partial charge in [-0.1, -0.05) is 0 Å². The molecular weight excluding hydrogens is 273 g/mol. The van der Waals surface area contributed by atoms with Gasteiger partial charge in [-0.15, -0.1) is 0 Å². The van der Waals surface area contributed by atoms with E-state index in [1.807, 2.05) is 6.07 Å². The second-order valence-electron chi connectivity index (χ2n) is 4.47. The number of rotatable bonds is 4. The van der Waals surface area contributed by atoms with E-state index in [4.69, 9.17) is 14.7 Å². The summed E-state index contributed by atoms with van der Waals surface area (Å²) < 4.78 is 24.0. The van der Waals surface area contributed by atoms with Crippen LogP contribution >= 0.6 is 0 Å². The van der Waals surface area contributed by atoms with E-state index in [2.05, 4.69) is 0 Å². The molecule has 0 aromatic heterocycles. The molecule has 1 unspecified atom stereocenters. The first-order chi connectivity index (χ1) is 10.0. The van der Waals surface area contributed by atoms with Gasteiger partial charge in [0.2, 0.25) is 0 Å². The molecule has 0 aliphatic heterocycles. The molecule has 5 heteroatoms. The van der Waals surface area contributed by atoms with Crippen LogP contribution in [-0.2, 0) is 0 Å². The van der Waals surface area contributed by atoms with Crippen molar-refractivity contribution < 1.29 is 19.0 Å². The van der Waals surface area contributed by atoms with Crippen LogP contribution in [0.5, 0.6) is 17.2 Å². The predicted molar refractivity (Wildman–Crippen MR) is 74.8 cm³/mol. The van der Waals surface area contributed by atoms with Crippen LogP contribution in [0.25, 0.3) is 0 Å². The molecule has 0 spiro atoms. The van der Waals surface area contributed by atoms with E-state index in [1.54, 1.807) is 12.1 Å². The molecule has 108 valence electrons. The molecule has 1 N–H and O–H groups in total. The molecule has 0 aliphatic carbocycles. The van der Waals surface area contributed by atoms with Crippen LogP contribution in [0.15, 0.2) is 36.4 Å². The van der Waals surface area contributed by atoms with Crippen molar-refractivity contribution in [3.63, 3.8) is 0 Å². The molecule has 0 heterocycles. The molecule has 0 amide bonds. The van der Waals surface area contributed by atoms with E-state index in [-0.39, 0.29) is 0 Å². The van der Waals surface area contributed by atoms with Crippen LogP contribution in [0.2, 0.25) is 0 Å². The zero-order valence-corrected chi connectivity index (χ0v) is 11.6. The number of aliphatic hydroxyl groups excluding tert-OH is 1. The summed E-state index contributed by atoms with van der Waals surface area (Å²) in [6.07, 6.45) is -0.878. The molecular formula is C16H14FNO3. The molecule has 0 aliphatic rings. The second-order valence-corrected chi connectivity index (χ2v) is 4.47. The average molecular weight is 287 g/mol. The maximum atomic E-state index is 13.3. The third-order valence-corrected chi connectivity index (χ3v) is 2.89. The monoisotopic (exact) mass is 287 g/mol. The number of ether oxygens (including phenoxy) is 2. The SMILES string of the molecule is COc1cc(C#N)cc(Oc2ccc(F)cc2C(C)O)c1. The van der Waals surface area contributed by atoms with Gasteiger partial charge in [0, 0.05) is 11.6 Å². The smallest absolute Gasteiger partial charge is 0.133 e. The number of aliphatic hydroxyl groups is 1. The van der Waals surface area contributed by atoms with Crippen molar-refractivity contribution in [1.29, 1.82) is 5.26 Å². The molecule has 0 radical (unpaired) electrons. The Kier molecular flexibility index (Phi) is 4.41. The van der Waals surface area contributed by atoms with Crippen LogP contribution in [0, 0.1) is 17.1 Å². The summed E-state index contributed by atoms with van der Waals surface area (Å²) in [5.74, 6) is 0.717. The van der Waals surface area contributed by atoms with E-state index in [0.717, 1.165) is 0 Å². The summed E-state index contributed by atoms with van der Waals surface area (Å²) in [5.41, 5.74) is 0.710. The van der Waals surface area contributed by atoms with Gasteiger partial charge in [0.05, 0.1) is 24.8 Å². The molecule has 0 saturated heterocycles. The third kappa shape index (κ3) is 3.50. The highest BCUT2D eigenvalue weighted by atomic mass is 19.1. The van der Waals surface area contributed by atoms with Crippen molar-refractivity contribution in [3.8, 4) is 23.3 Å². The third-order valence-electron chi connectivity index (χ3n) is 2.89. The van der Waals surface area contributed by atoms with Crippen LogP contribution in [0.3, 0.4) is 0 Å². The van der Waals surface area contributed by atoms with E-state index in [9.17, 15) is 9.50 Å². The van der Waals surface area contributed by atoms with Gasteiger partial charge < -0.3 is 14.6 Å². The van der Waals surface area contributed by atoms with Crippen LogP contribution in [0.1, 0.15) is 24.2 Å². The van der Waals surface area contributed by atoms with Gasteiger partial charge in [-0.3, -0.25) is 0 Å². The zero-order chi connectivity index (χ0) is 15.4. The largest absolute Gasteiger partial charge is 0.497 e. The van der Waals surface area contributed by atoms with Crippen molar-refractivity contribution in [2.24, 2.45) is 0 Å². The van der Waals surface area contributed by atoms with Crippen molar-refractivity contribution in [2.75, 3.05) is 7.11 Å². The molecule has 0 saturated carbocycles. The topological polar surface area (TPSA) is 62.5 Å².